The van der Waals surface area contributed by atoms with E-state index < -0.39 is 0 Å². The largest absolute Gasteiger partial charge is 0.296 e. The van der Waals surface area contributed by atoms with Crippen LogP contribution in [0.5, 0.6) is 0 Å². The highest BCUT2D eigenvalue weighted by atomic mass is 15.3. The van der Waals surface area contributed by atoms with Gasteiger partial charge in [0.15, 0.2) is 0 Å². The summed E-state index contributed by atoms with van der Waals surface area (Å²) in [6.07, 6.45) is 3.77. The summed E-state index contributed by atoms with van der Waals surface area (Å²) in [6, 6.07) is 14.3. The number of hydrogen-bond donors (Lipinski definition) is 0. The Hall–Kier alpha value is -1.71. The number of piperazine rings is 1. The van der Waals surface area contributed by atoms with Crippen molar-refractivity contribution in [2.75, 3.05) is 13.1 Å². The molecule has 2 unspecified atom stereocenters. The summed E-state index contributed by atoms with van der Waals surface area (Å²) < 4.78 is 0. The molecule has 1 aromatic carbocycles. The molecule has 3 rings (SSSR count). The predicted octanol–water partition coefficient (Wildman–Crippen LogP) is 3.48. The van der Waals surface area contributed by atoms with Gasteiger partial charge >= 0.3 is 0 Å². The smallest absolute Gasteiger partial charge is 0.0271 e. The lowest BCUT2D eigenvalue weighted by atomic mass is 10.0. The van der Waals surface area contributed by atoms with E-state index in [1.165, 1.54) is 16.7 Å². The van der Waals surface area contributed by atoms with Gasteiger partial charge in [-0.05, 0) is 44.0 Å². The van der Waals surface area contributed by atoms with E-state index in [-0.39, 0.29) is 0 Å². The lowest BCUT2D eigenvalue weighted by molar-refractivity contribution is 0.0290. The minimum Gasteiger partial charge on any atom is -0.296 e. The third kappa shape index (κ3) is 4.18. The van der Waals surface area contributed by atoms with Gasteiger partial charge in [0.25, 0.3) is 0 Å². The second-order valence-electron chi connectivity index (χ2n) is 6.91. The zero-order chi connectivity index (χ0) is 16.2. The lowest BCUT2D eigenvalue weighted by Crippen LogP contribution is -2.55. The summed E-state index contributed by atoms with van der Waals surface area (Å²) in [4.78, 5) is 9.31. The van der Waals surface area contributed by atoms with Crippen molar-refractivity contribution in [1.82, 2.24) is 14.8 Å². The quantitative estimate of drug-likeness (QED) is 0.862. The fourth-order valence-corrected chi connectivity index (χ4v) is 3.56. The molecule has 122 valence electrons. The zero-order valence-electron chi connectivity index (χ0n) is 14.4. The van der Waals surface area contributed by atoms with E-state index in [0.717, 1.165) is 26.2 Å². The van der Waals surface area contributed by atoms with E-state index in [1.54, 1.807) is 0 Å². The van der Waals surface area contributed by atoms with Crippen LogP contribution in [0.4, 0.5) is 0 Å². The average Bonchev–Trinajstić information content (AvgIpc) is 2.54. The molecular weight excluding hydrogens is 282 g/mol. The highest BCUT2D eigenvalue weighted by Gasteiger charge is 2.29. The molecule has 1 aliphatic rings. The first-order valence-electron chi connectivity index (χ1n) is 8.54. The van der Waals surface area contributed by atoms with Gasteiger partial charge < -0.3 is 0 Å². The fraction of sp³-hybridized carbons (Fsp3) is 0.450. The first-order chi connectivity index (χ1) is 11.1. The van der Waals surface area contributed by atoms with Crippen LogP contribution in [-0.2, 0) is 13.1 Å². The summed E-state index contributed by atoms with van der Waals surface area (Å²) in [6.45, 7) is 11.2. The number of hydrogen-bond acceptors (Lipinski definition) is 3. The van der Waals surface area contributed by atoms with Crippen molar-refractivity contribution in [2.24, 2.45) is 0 Å². The number of aromatic nitrogens is 1. The average molecular weight is 309 g/mol. The molecule has 0 amide bonds. The van der Waals surface area contributed by atoms with Crippen LogP contribution in [0.15, 0.2) is 48.8 Å². The Labute approximate surface area is 140 Å². The van der Waals surface area contributed by atoms with Crippen molar-refractivity contribution in [3.05, 3.63) is 65.5 Å². The number of aryl methyl sites for hydroxylation is 1. The van der Waals surface area contributed by atoms with Gasteiger partial charge in [0.1, 0.15) is 0 Å². The molecule has 1 aromatic heterocycles. The first kappa shape index (κ1) is 16.2. The number of benzene rings is 1. The van der Waals surface area contributed by atoms with Crippen LogP contribution < -0.4 is 0 Å². The van der Waals surface area contributed by atoms with Gasteiger partial charge in [-0.3, -0.25) is 14.8 Å². The van der Waals surface area contributed by atoms with E-state index in [9.17, 15) is 0 Å². The molecular formula is C20H27N3. The Morgan fingerprint density at radius 2 is 1.43 bits per heavy atom. The molecule has 3 nitrogen and oxygen atoms in total. The Bertz CT molecular complexity index is 597. The summed E-state index contributed by atoms with van der Waals surface area (Å²) >= 11 is 0. The van der Waals surface area contributed by atoms with Crippen LogP contribution in [0.3, 0.4) is 0 Å². The van der Waals surface area contributed by atoms with Crippen molar-refractivity contribution >= 4 is 0 Å². The zero-order valence-corrected chi connectivity index (χ0v) is 14.4. The second-order valence-corrected chi connectivity index (χ2v) is 6.91. The molecule has 0 radical (unpaired) electrons. The summed E-state index contributed by atoms with van der Waals surface area (Å²) in [5.74, 6) is 0. The molecule has 2 aromatic rings. The van der Waals surface area contributed by atoms with E-state index >= 15 is 0 Å². The van der Waals surface area contributed by atoms with Gasteiger partial charge in [-0.1, -0.05) is 29.8 Å². The normalized spacial score (nSPS) is 23.1. The summed E-state index contributed by atoms with van der Waals surface area (Å²) in [5, 5.41) is 0. The van der Waals surface area contributed by atoms with Crippen LogP contribution in [0, 0.1) is 6.92 Å². The van der Waals surface area contributed by atoms with Crippen molar-refractivity contribution < 1.29 is 0 Å². The summed E-state index contributed by atoms with van der Waals surface area (Å²) in [5.41, 5.74) is 4.10. The molecule has 23 heavy (non-hydrogen) atoms. The van der Waals surface area contributed by atoms with Gasteiger partial charge in [-0.15, -0.1) is 0 Å². The number of pyridine rings is 1. The van der Waals surface area contributed by atoms with E-state index in [4.69, 9.17) is 0 Å². The van der Waals surface area contributed by atoms with Crippen LogP contribution >= 0.6 is 0 Å². The maximum atomic E-state index is 4.11. The van der Waals surface area contributed by atoms with Crippen molar-refractivity contribution in [1.29, 1.82) is 0 Å². The van der Waals surface area contributed by atoms with Crippen LogP contribution in [0.1, 0.15) is 30.5 Å². The highest BCUT2D eigenvalue weighted by molar-refractivity contribution is 5.21. The maximum Gasteiger partial charge on any atom is 0.0271 e. The minimum atomic E-state index is 0.567. The first-order valence-corrected chi connectivity index (χ1v) is 8.54. The Kier molecular flexibility index (Phi) is 5.09. The summed E-state index contributed by atoms with van der Waals surface area (Å²) in [7, 11) is 0. The molecule has 0 N–H and O–H groups in total. The molecule has 1 fully saturated rings. The molecule has 1 saturated heterocycles. The Morgan fingerprint density at radius 1 is 0.870 bits per heavy atom. The number of nitrogens with zero attached hydrogens (tertiary/aromatic N) is 3. The molecule has 2 heterocycles. The predicted molar refractivity (Wildman–Crippen MR) is 95.2 cm³/mol. The van der Waals surface area contributed by atoms with Crippen molar-refractivity contribution in [3.63, 3.8) is 0 Å². The molecule has 0 aliphatic carbocycles. The number of rotatable bonds is 4. The van der Waals surface area contributed by atoms with Crippen LogP contribution in [0.2, 0.25) is 0 Å². The van der Waals surface area contributed by atoms with Gasteiger partial charge in [-0.2, -0.15) is 0 Å². The lowest BCUT2D eigenvalue weighted by Gasteiger charge is -2.44. The third-order valence-electron chi connectivity index (χ3n) is 4.82. The maximum absolute atomic E-state index is 4.11. The monoisotopic (exact) mass is 309 g/mol. The van der Waals surface area contributed by atoms with E-state index in [1.807, 2.05) is 12.4 Å². The van der Waals surface area contributed by atoms with Crippen LogP contribution in [-0.4, -0.2) is 40.0 Å². The molecule has 0 saturated carbocycles. The van der Waals surface area contributed by atoms with Crippen LogP contribution in [0.25, 0.3) is 0 Å². The highest BCUT2D eigenvalue weighted by Crippen LogP contribution is 2.20. The van der Waals surface area contributed by atoms with Gasteiger partial charge in [-0.25, -0.2) is 0 Å². The Balaban J connectivity index is 1.61. The van der Waals surface area contributed by atoms with Crippen molar-refractivity contribution in [2.45, 2.75) is 45.9 Å². The van der Waals surface area contributed by atoms with Crippen molar-refractivity contribution in [3.8, 4) is 0 Å². The van der Waals surface area contributed by atoms with E-state index in [0.29, 0.717) is 12.1 Å². The minimum absolute atomic E-state index is 0.567. The SMILES string of the molecule is Cc1ccc(CN2CC(C)N(Cc3ccncc3)C(C)C2)cc1. The molecule has 2 atom stereocenters. The fourth-order valence-electron chi connectivity index (χ4n) is 3.56. The molecule has 0 spiro atoms. The van der Waals surface area contributed by atoms with Gasteiger partial charge in [0.2, 0.25) is 0 Å². The standard InChI is InChI=1S/C20H27N3/c1-16-4-6-19(7-5-16)14-22-12-17(2)23(18(3)13-22)15-20-8-10-21-11-9-20/h4-11,17-18H,12-15H2,1-3H3. The van der Waals surface area contributed by atoms with E-state index in [2.05, 4.69) is 72.0 Å². The second kappa shape index (κ2) is 7.24. The third-order valence-corrected chi connectivity index (χ3v) is 4.82. The van der Waals surface area contributed by atoms with Gasteiger partial charge in [0, 0.05) is 50.7 Å². The molecule has 1 aliphatic heterocycles. The molecule has 3 heteroatoms. The molecule has 0 bridgehead atoms. The van der Waals surface area contributed by atoms with Gasteiger partial charge in [0.05, 0.1) is 0 Å². The topological polar surface area (TPSA) is 19.4 Å². The Morgan fingerprint density at radius 3 is 2.04 bits per heavy atom.